The number of nitrogens with zero attached hydrogens (tertiary/aromatic N) is 1. The van der Waals surface area contributed by atoms with Crippen LogP contribution in [-0.2, 0) is 4.79 Å². The highest BCUT2D eigenvalue weighted by Gasteiger charge is 2.15. The minimum atomic E-state index is -0.468. The largest absolute Gasteiger partial charge is 0.426 e. The zero-order valence-electron chi connectivity index (χ0n) is 10.9. The average Bonchev–Trinajstić information content (AvgIpc) is 2.86. The summed E-state index contributed by atoms with van der Waals surface area (Å²) in [4.78, 5) is 27.4. The Morgan fingerprint density at radius 1 is 1.35 bits per heavy atom. The number of para-hydroxylation sites is 1. The lowest BCUT2D eigenvalue weighted by Crippen LogP contribution is -2.14. The number of anilines is 1. The van der Waals surface area contributed by atoms with Crippen LogP contribution in [0, 0.1) is 0 Å². The number of nitrogens with one attached hydrogen (secondary N) is 1. The van der Waals surface area contributed by atoms with Crippen LogP contribution in [0.1, 0.15) is 17.3 Å². The van der Waals surface area contributed by atoms with Crippen LogP contribution in [0.5, 0.6) is 5.75 Å². The van der Waals surface area contributed by atoms with Crippen molar-refractivity contribution in [2.45, 2.75) is 11.9 Å². The first-order valence-electron chi connectivity index (χ1n) is 5.68. The maximum atomic E-state index is 12.2. The predicted molar refractivity (Wildman–Crippen MR) is 79.6 cm³/mol. The van der Waals surface area contributed by atoms with Crippen molar-refractivity contribution in [2.75, 3.05) is 11.6 Å². The van der Waals surface area contributed by atoms with E-state index in [-0.39, 0.29) is 11.7 Å². The molecule has 0 unspecified atom stereocenters. The smallest absolute Gasteiger partial charge is 0.308 e. The Hall–Kier alpha value is -1.86. The predicted octanol–water partition coefficient (Wildman–Crippen LogP) is 3.04. The van der Waals surface area contributed by atoms with Gasteiger partial charge in [-0.2, -0.15) is 0 Å². The van der Waals surface area contributed by atoms with Gasteiger partial charge in [0.15, 0.2) is 5.13 Å². The number of hydrogen-bond donors (Lipinski definition) is 1. The first-order valence-corrected chi connectivity index (χ1v) is 7.79. The number of aromatic nitrogens is 1. The summed E-state index contributed by atoms with van der Waals surface area (Å²) in [5.41, 5.74) is 0.295. The zero-order valence-corrected chi connectivity index (χ0v) is 12.5. The molecule has 0 aliphatic carbocycles. The monoisotopic (exact) mass is 308 g/mol. The number of thioether (sulfide) groups is 1. The number of thiazole rings is 1. The van der Waals surface area contributed by atoms with Crippen LogP contribution >= 0.6 is 23.1 Å². The van der Waals surface area contributed by atoms with Gasteiger partial charge in [0.05, 0.1) is 5.56 Å². The van der Waals surface area contributed by atoms with Gasteiger partial charge >= 0.3 is 5.97 Å². The van der Waals surface area contributed by atoms with Gasteiger partial charge in [0.1, 0.15) is 10.8 Å². The molecule has 0 aliphatic heterocycles. The van der Waals surface area contributed by atoms with E-state index in [2.05, 4.69) is 10.3 Å². The summed E-state index contributed by atoms with van der Waals surface area (Å²) in [5, 5.41) is 5.91. The van der Waals surface area contributed by atoms with Crippen LogP contribution in [0.2, 0.25) is 0 Å². The quantitative estimate of drug-likeness (QED) is 0.534. The number of ether oxygens (including phenoxy) is 1. The summed E-state index contributed by atoms with van der Waals surface area (Å²) in [6.45, 7) is 1.29. The number of rotatable bonds is 4. The summed E-state index contributed by atoms with van der Waals surface area (Å²) < 4.78 is 5.01. The van der Waals surface area contributed by atoms with Crippen LogP contribution in [0.3, 0.4) is 0 Å². The van der Waals surface area contributed by atoms with Crippen molar-refractivity contribution in [1.29, 1.82) is 0 Å². The summed E-state index contributed by atoms with van der Waals surface area (Å²) in [5.74, 6) is -0.591. The average molecular weight is 308 g/mol. The van der Waals surface area contributed by atoms with Crippen LogP contribution in [0.4, 0.5) is 5.13 Å². The third-order valence-corrected chi connectivity index (χ3v) is 3.83. The van der Waals surface area contributed by atoms with Crippen LogP contribution < -0.4 is 10.1 Å². The van der Waals surface area contributed by atoms with E-state index in [4.69, 9.17) is 4.74 Å². The van der Waals surface area contributed by atoms with Crippen LogP contribution in [0.25, 0.3) is 0 Å². The van der Waals surface area contributed by atoms with Gasteiger partial charge in [-0.1, -0.05) is 12.1 Å². The van der Waals surface area contributed by atoms with E-state index in [1.807, 2.05) is 11.6 Å². The SMILES string of the molecule is CSc1csc(NC(=O)c2ccccc2OC(C)=O)n1. The Morgan fingerprint density at radius 3 is 2.75 bits per heavy atom. The fraction of sp³-hybridized carbons (Fsp3) is 0.154. The van der Waals surface area contributed by atoms with E-state index in [0.717, 1.165) is 5.03 Å². The van der Waals surface area contributed by atoms with Crippen molar-refractivity contribution in [3.05, 3.63) is 35.2 Å². The van der Waals surface area contributed by atoms with Gasteiger partial charge in [-0.25, -0.2) is 4.98 Å². The van der Waals surface area contributed by atoms with E-state index in [9.17, 15) is 9.59 Å². The highest BCUT2D eigenvalue weighted by molar-refractivity contribution is 7.98. The molecule has 0 fully saturated rings. The number of benzene rings is 1. The lowest BCUT2D eigenvalue weighted by Gasteiger charge is -2.07. The highest BCUT2D eigenvalue weighted by atomic mass is 32.2. The Morgan fingerprint density at radius 2 is 2.10 bits per heavy atom. The van der Waals surface area contributed by atoms with Crippen molar-refractivity contribution >= 4 is 40.1 Å². The second-order valence-electron chi connectivity index (χ2n) is 3.74. The lowest BCUT2D eigenvalue weighted by molar-refractivity contribution is -0.131. The minimum absolute atomic E-state index is 0.235. The van der Waals surface area contributed by atoms with Gasteiger partial charge in [-0.3, -0.25) is 14.9 Å². The molecule has 0 radical (unpaired) electrons. The number of hydrogen-bond acceptors (Lipinski definition) is 6. The molecule has 2 rings (SSSR count). The number of carbonyl (C=O) groups is 2. The standard InChI is InChI=1S/C13H12N2O3S2/c1-8(16)18-10-6-4-3-5-9(10)12(17)15-13-14-11(19-2)7-20-13/h3-7H,1-2H3,(H,14,15,17). The number of esters is 1. The molecule has 0 saturated heterocycles. The Labute approximate surface area is 124 Å². The van der Waals surface area contributed by atoms with Crippen LogP contribution in [-0.4, -0.2) is 23.1 Å². The van der Waals surface area contributed by atoms with E-state index in [1.165, 1.54) is 30.0 Å². The Balaban J connectivity index is 2.18. The van der Waals surface area contributed by atoms with Crippen molar-refractivity contribution in [3.8, 4) is 5.75 Å². The molecular formula is C13H12N2O3S2. The first kappa shape index (κ1) is 14.5. The Bertz CT molecular complexity index is 640. The fourth-order valence-corrected chi connectivity index (χ4v) is 2.81. The molecule has 1 N–H and O–H groups in total. The van der Waals surface area contributed by atoms with E-state index in [0.29, 0.717) is 10.7 Å². The molecule has 0 spiro atoms. The normalized spacial score (nSPS) is 10.1. The van der Waals surface area contributed by atoms with Crippen LogP contribution in [0.15, 0.2) is 34.7 Å². The van der Waals surface area contributed by atoms with Crippen molar-refractivity contribution in [2.24, 2.45) is 0 Å². The summed E-state index contributed by atoms with van der Waals surface area (Å²) in [6, 6.07) is 6.57. The molecule has 0 atom stereocenters. The highest BCUT2D eigenvalue weighted by Crippen LogP contribution is 2.24. The molecule has 0 aliphatic rings. The minimum Gasteiger partial charge on any atom is -0.426 e. The maximum absolute atomic E-state index is 12.2. The molecule has 1 aromatic heterocycles. The molecule has 1 amide bonds. The molecular weight excluding hydrogens is 296 g/mol. The molecule has 5 nitrogen and oxygen atoms in total. The summed E-state index contributed by atoms with van der Waals surface area (Å²) in [7, 11) is 0. The van der Waals surface area contributed by atoms with Gasteiger partial charge in [0.2, 0.25) is 0 Å². The number of amides is 1. The fourth-order valence-electron chi connectivity index (χ4n) is 1.47. The zero-order chi connectivity index (χ0) is 14.5. The Kier molecular flexibility index (Phi) is 4.75. The van der Waals surface area contributed by atoms with Gasteiger partial charge in [0.25, 0.3) is 5.91 Å². The summed E-state index contributed by atoms with van der Waals surface area (Å²) in [6.07, 6.45) is 1.91. The molecule has 0 saturated carbocycles. The molecule has 1 heterocycles. The van der Waals surface area contributed by atoms with E-state index >= 15 is 0 Å². The topological polar surface area (TPSA) is 68.3 Å². The molecule has 104 valence electrons. The van der Waals surface area contributed by atoms with E-state index in [1.54, 1.807) is 24.3 Å². The third kappa shape index (κ3) is 3.58. The van der Waals surface area contributed by atoms with Gasteiger partial charge in [-0.05, 0) is 18.4 Å². The maximum Gasteiger partial charge on any atom is 0.308 e. The second-order valence-corrected chi connectivity index (χ2v) is 5.42. The van der Waals surface area contributed by atoms with Crippen molar-refractivity contribution < 1.29 is 14.3 Å². The van der Waals surface area contributed by atoms with E-state index < -0.39 is 5.97 Å². The van der Waals surface area contributed by atoms with Crippen molar-refractivity contribution in [3.63, 3.8) is 0 Å². The summed E-state index contributed by atoms with van der Waals surface area (Å²) >= 11 is 2.85. The molecule has 20 heavy (non-hydrogen) atoms. The van der Waals surface area contributed by atoms with Gasteiger partial charge in [0, 0.05) is 12.3 Å². The second kappa shape index (κ2) is 6.53. The molecule has 0 bridgehead atoms. The molecule has 1 aromatic carbocycles. The third-order valence-electron chi connectivity index (χ3n) is 2.30. The molecule has 2 aromatic rings. The first-order chi connectivity index (χ1) is 9.60. The number of carbonyl (C=O) groups excluding carboxylic acids is 2. The molecule has 7 heteroatoms. The van der Waals surface area contributed by atoms with Crippen molar-refractivity contribution in [1.82, 2.24) is 4.98 Å². The van der Waals surface area contributed by atoms with Gasteiger partial charge < -0.3 is 4.74 Å². The van der Waals surface area contributed by atoms with Gasteiger partial charge in [-0.15, -0.1) is 23.1 Å². The lowest BCUT2D eigenvalue weighted by atomic mass is 10.2.